The number of aromatic nitrogens is 2. The van der Waals surface area contributed by atoms with Gasteiger partial charge in [-0.15, -0.1) is 10.2 Å². The lowest BCUT2D eigenvalue weighted by Gasteiger charge is -2.09. The number of halogens is 3. The molecule has 8 heteroatoms. The summed E-state index contributed by atoms with van der Waals surface area (Å²) in [7, 11) is 1.65. The van der Waals surface area contributed by atoms with E-state index in [2.05, 4.69) is 20.8 Å². The van der Waals surface area contributed by atoms with Crippen LogP contribution in [-0.2, 0) is 6.18 Å². The van der Waals surface area contributed by atoms with Gasteiger partial charge < -0.3 is 10.6 Å². The van der Waals surface area contributed by atoms with Crippen molar-refractivity contribution in [3.05, 3.63) is 47.7 Å². The Kier molecular flexibility index (Phi) is 4.06. The molecule has 0 unspecified atom stereocenters. The van der Waals surface area contributed by atoms with Crippen LogP contribution in [0.1, 0.15) is 16.1 Å². The third-order valence-electron chi connectivity index (χ3n) is 2.60. The average molecular weight is 296 g/mol. The van der Waals surface area contributed by atoms with E-state index in [1.807, 2.05) is 0 Å². The molecule has 0 atom stereocenters. The van der Waals surface area contributed by atoms with E-state index in [9.17, 15) is 18.0 Å². The fourth-order valence-electron chi connectivity index (χ4n) is 1.56. The number of rotatable bonds is 3. The summed E-state index contributed by atoms with van der Waals surface area (Å²) in [6.07, 6.45) is -4.46. The lowest BCUT2D eigenvalue weighted by molar-refractivity contribution is -0.137. The SMILES string of the molecule is CNc1ccc(C(=O)Nc2cccc(C(F)(F)F)c2)nn1. The number of nitrogens with zero attached hydrogens (tertiary/aromatic N) is 2. The van der Waals surface area contributed by atoms with Gasteiger partial charge in [-0.05, 0) is 30.3 Å². The summed E-state index contributed by atoms with van der Waals surface area (Å²) in [6, 6.07) is 7.32. The topological polar surface area (TPSA) is 66.9 Å². The number of hydrogen-bond donors (Lipinski definition) is 2. The number of anilines is 2. The van der Waals surface area contributed by atoms with Crippen LogP contribution < -0.4 is 10.6 Å². The van der Waals surface area contributed by atoms with Gasteiger partial charge in [0.15, 0.2) is 5.69 Å². The van der Waals surface area contributed by atoms with Crippen molar-refractivity contribution in [3.8, 4) is 0 Å². The first-order valence-corrected chi connectivity index (χ1v) is 5.90. The number of carbonyl (C=O) groups is 1. The molecule has 0 aliphatic carbocycles. The van der Waals surface area contributed by atoms with Gasteiger partial charge in [0.05, 0.1) is 5.56 Å². The molecule has 5 nitrogen and oxygen atoms in total. The van der Waals surface area contributed by atoms with Gasteiger partial charge in [0.2, 0.25) is 0 Å². The van der Waals surface area contributed by atoms with Gasteiger partial charge in [-0.25, -0.2) is 0 Å². The van der Waals surface area contributed by atoms with E-state index in [4.69, 9.17) is 0 Å². The molecule has 1 amide bonds. The van der Waals surface area contributed by atoms with Gasteiger partial charge in [-0.2, -0.15) is 13.2 Å². The van der Waals surface area contributed by atoms with Crippen molar-refractivity contribution in [1.82, 2.24) is 10.2 Å². The van der Waals surface area contributed by atoms with Crippen LogP contribution in [0.4, 0.5) is 24.7 Å². The molecule has 0 saturated carbocycles. The predicted molar refractivity (Wildman–Crippen MR) is 71.0 cm³/mol. The van der Waals surface area contributed by atoms with Crippen LogP contribution in [0, 0.1) is 0 Å². The van der Waals surface area contributed by atoms with Gasteiger partial charge >= 0.3 is 6.18 Å². The van der Waals surface area contributed by atoms with Crippen LogP contribution in [0.15, 0.2) is 36.4 Å². The van der Waals surface area contributed by atoms with Gasteiger partial charge in [-0.3, -0.25) is 4.79 Å². The maximum absolute atomic E-state index is 12.6. The van der Waals surface area contributed by atoms with E-state index in [0.29, 0.717) is 5.82 Å². The monoisotopic (exact) mass is 296 g/mol. The van der Waals surface area contributed by atoms with E-state index in [0.717, 1.165) is 12.1 Å². The van der Waals surface area contributed by atoms with E-state index in [1.165, 1.54) is 24.3 Å². The van der Waals surface area contributed by atoms with Crippen LogP contribution in [0.2, 0.25) is 0 Å². The molecule has 0 saturated heterocycles. The van der Waals surface area contributed by atoms with Gasteiger partial charge in [0, 0.05) is 12.7 Å². The van der Waals surface area contributed by atoms with E-state index >= 15 is 0 Å². The van der Waals surface area contributed by atoms with Crippen molar-refractivity contribution in [2.75, 3.05) is 17.7 Å². The van der Waals surface area contributed by atoms with Gasteiger partial charge in [0.25, 0.3) is 5.91 Å². The molecule has 110 valence electrons. The molecule has 0 spiro atoms. The summed E-state index contributed by atoms with van der Waals surface area (Å²) in [5.74, 6) is -0.157. The van der Waals surface area contributed by atoms with Gasteiger partial charge in [0.1, 0.15) is 5.82 Å². The number of alkyl halides is 3. The van der Waals surface area contributed by atoms with Crippen molar-refractivity contribution in [3.63, 3.8) is 0 Å². The number of nitrogens with one attached hydrogen (secondary N) is 2. The fraction of sp³-hybridized carbons (Fsp3) is 0.154. The normalized spacial score (nSPS) is 11.0. The predicted octanol–water partition coefficient (Wildman–Crippen LogP) is 2.79. The van der Waals surface area contributed by atoms with Crippen molar-refractivity contribution >= 4 is 17.4 Å². The first kappa shape index (κ1) is 14.8. The molecule has 21 heavy (non-hydrogen) atoms. The Morgan fingerprint density at radius 2 is 1.90 bits per heavy atom. The largest absolute Gasteiger partial charge is 0.416 e. The first-order valence-electron chi connectivity index (χ1n) is 5.90. The third kappa shape index (κ3) is 3.68. The summed E-state index contributed by atoms with van der Waals surface area (Å²) in [5, 5.41) is 12.5. The minimum Gasteiger partial charge on any atom is -0.372 e. The van der Waals surface area contributed by atoms with E-state index < -0.39 is 17.6 Å². The first-order chi connectivity index (χ1) is 9.90. The second kappa shape index (κ2) is 5.78. The summed E-state index contributed by atoms with van der Waals surface area (Å²) in [4.78, 5) is 11.9. The number of amides is 1. The van der Waals surface area contributed by atoms with Crippen LogP contribution in [0.3, 0.4) is 0 Å². The Balaban J connectivity index is 2.15. The minimum absolute atomic E-state index is 0.00594. The lowest BCUT2D eigenvalue weighted by atomic mass is 10.2. The van der Waals surface area contributed by atoms with Crippen LogP contribution >= 0.6 is 0 Å². The van der Waals surface area contributed by atoms with Crippen molar-refractivity contribution < 1.29 is 18.0 Å². The maximum Gasteiger partial charge on any atom is 0.416 e. The van der Waals surface area contributed by atoms with Crippen molar-refractivity contribution in [2.24, 2.45) is 0 Å². The third-order valence-corrected chi connectivity index (χ3v) is 2.60. The minimum atomic E-state index is -4.46. The molecule has 1 aromatic carbocycles. The summed E-state index contributed by atoms with van der Waals surface area (Å²) in [5.41, 5.74) is -0.794. The number of hydrogen-bond acceptors (Lipinski definition) is 4. The van der Waals surface area contributed by atoms with E-state index in [1.54, 1.807) is 7.05 Å². The fourth-order valence-corrected chi connectivity index (χ4v) is 1.56. The Hall–Kier alpha value is -2.64. The van der Waals surface area contributed by atoms with Crippen LogP contribution in [-0.4, -0.2) is 23.2 Å². The van der Waals surface area contributed by atoms with Crippen molar-refractivity contribution in [2.45, 2.75) is 6.18 Å². The quantitative estimate of drug-likeness (QED) is 0.914. The lowest BCUT2D eigenvalue weighted by Crippen LogP contribution is -2.15. The summed E-state index contributed by atoms with van der Waals surface area (Å²) < 4.78 is 37.7. The second-order valence-corrected chi connectivity index (χ2v) is 4.09. The Morgan fingerprint density at radius 3 is 2.48 bits per heavy atom. The highest BCUT2D eigenvalue weighted by Crippen LogP contribution is 2.30. The zero-order chi connectivity index (χ0) is 15.5. The highest BCUT2D eigenvalue weighted by Gasteiger charge is 2.30. The standard InChI is InChI=1S/C13H11F3N4O/c1-17-11-6-5-10(19-20-11)12(21)18-9-4-2-3-8(7-9)13(14,15)16/h2-7H,1H3,(H,17,20)(H,18,21). The number of carbonyl (C=O) groups excluding carboxylic acids is 1. The zero-order valence-corrected chi connectivity index (χ0v) is 10.9. The molecule has 1 aromatic heterocycles. The molecular formula is C13H11F3N4O. The van der Waals surface area contributed by atoms with Crippen molar-refractivity contribution in [1.29, 1.82) is 0 Å². The molecule has 2 N–H and O–H groups in total. The Labute approximate surface area is 118 Å². The van der Waals surface area contributed by atoms with Crippen LogP contribution in [0.25, 0.3) is 0 Å². The molecule has 0 fully saturated rings. The summed E-state index contributed by atoms with van der Waals surface area (Å²) in [6.45, 7) is 0. The summed E-state index contributed by atoms with van der Waals surface area (Å²) >= 11 is 0. The highest BCUT2D eigenvalue weighted by atomic mass is 19.4. The zero-order valence-electron chi connectivity index (χ0n) is 10.9. The van der Waals surface area contributed by atoms with Gasteiger partial charge in [-0.1, -0.05) is 6.07 Å². The molecule has 1 heterocycles. The molecule has 0 radical (unpaired) electrons. The average Bonchev–Trinajstić information content (AvgIpc) is 2.47. The molecular weight excluding hydrogens is 285 g/mol. The van der Waals surface area contributed by atoms with E-state index in [-0.39, 0.29) is 11.4 Å². The molecule has 0 aliphatic heterocycles. The molecule has 2 aromatic rings. The second-order valence-electron chi connectivity index (χ2n) is 4.09. The van der Waals surface area contributed by atoms with Crippen LogP contribution in [0.5, 0.6) is 0 Å². The smallest absolute Gasteiger partial charge is 0.372 e. The Bertz CT molecular complexity index is 641. The molecule has 0 aliphatic rings. The Morgan fingerprint density at radius 1 is 1.14 bits per heavy atom. The maximum atomic E-state index is 12.6. The highest BCUT2D eigenvalue weighted by molar-refractivity contribution is 6.02. The molecule has 2 rings (SSSR count). The number of benzene rings is 1. The molecule has 0 bridgehead atoms.